The predicted molar refractivity (Wildman–Crippen MR) is 178 cm³/mol. The van der Waals surface area contributed by atoms with Crippen molar-refractivity contribution in [3.63, 3.8) is 0 Å². The normalized spacial score (nSPS) is 51.2. The number of hydrogen-bond acceptors (Lipinski definition) is 8. The Balaban J connectivity index is 0.000000922. The van der Waals surface area contributed by atoms with Crippen LogP contribution in [0, 0.1) is 53.8 Å². The summed E-state index contributed by atoms with van der Waals surface area (Å²) in [5.74, 6) is 5.74. The van der Waals surface area contributed by atoms with Gasteiger partial charge >= 0.3 is 0 Å². The van der Waals surface area contributed by atoms with E-state index in [9.17, 15) is 0 Å². The average Bonchev–Trinajstić information content (AvgIpc) is 3.73. The summed E-state index contributed by atoms with van der Waals surface area (Å²) in [6.45, 7) is 0. The summed E-state index contributed by atoms with van der Waals surface area (Å²) in [6, 6.07) is 0. The zero-order valence-corrected chi connectivity index (χ0v) is 30.4. The van der Waals surface area contributed by atoms with Crippen LogP contribution < -0.4 is 42.5 Å². The Bertz CT molecular complexity index is 725. The van der Waals surface area contributed by atoms with Crippen molar-refractivity contribution in [2.24, 2.45) is 47.3 Å². The maximum Gasteiger partial charge on any atom is 0.0628 e. The van der Waals surface area contributed by atoms with Gasteiger partial charge in [0.25, 0.3) is 0 Å². The summed E-state index contributed by atoms with van der Waals surface area (Å²) in [4.78, 5) is 0. The molecule has 0 spiro atoms. The smallest absolute Gasteiger partial charge is 0.0628 e. The van der Waals surface area contributed by atoms with E-state index in [4.69, 9.17) is 0 Å². The molecule has 4 aliphatic carbocycles. The Hall–Kier alpha value is 0.143. The van der Waals surface area contributed by atoms with Gasteiger partial charge in [-0.2, -0.15) is 6.42 Å². The Morgan fingerprint density at radius 2 is 0.556 bits per heavy atom. The minimum absolute atomic E-state index is 0. The Kier molecular flexibility index (Phi) is 13.3. The van der Waals surface area contributed by atoms with Gasteiger partial charge in [0.1, 0.15) is 0 Å². The third kappa shape index (κ3) is 6.70. The van der Waals surface area contributed by atoms with Crippen molar-refractivity contribution in [1.29, 1.82) is 0 Å². The van der Waals surface area contributed by atoms with Crippen molar-refractivity contribution in [3.05, 3.63) is 31.0 Å². The van der Waals surface area contributed by atoms with Crippen LogP contribution in [0.1, 0.15) is 96.3 Å². The van der Waals surface area contributed by atoms with Crippen LogP contribution >= 0.6 is 0 Å². The van der Waals surface area contributed by atoms with E-state index in [1.807, 2.05) is 0 Å². The summed E-state index contributed by atoms with van der Waals surface area (Å²) >= 11 is 0. The molecule has 16 unspecified atom stereocenters. The Morgan fingerprint density at radius 3 is 0.867 bits per heavy atom. The number of nitrogens with two attached hydrogens (primary N) is 4. The molecule has 0 radical (unpaired) electrons. The molecule has 5 aliphatic heterocycles. The zero-order chi connectivity index (χ0) is 26.2. The van der Waals surface area contributed by atoms with Gasteiger partial charge in [0.2, 0.25) is 0 Å². The summed E-state index contributed by atoms with van der Waals surface area (Å²) in [5.41, 5.74) is 0. The van der Waals surface area contributed by atoms with E-state index in [0.29, 0.717) is 61.2 Å². The van der Waals surface area contributed by atoms with E-state index in [-0.39, 0.29) is 44.1 Å². The number of rotatable bonds is 0. The molecule has 16 N–H and O–H groups in total. The van der Waals surface area contributed by atoms with Gasteiger partial charge in [0.05, 0.1) is 43.2 Å². The molecular weight excluding hydrogens is 618 g/mol. The molecule has 12 nitrogen and oxygen atoms in total. The molecule has 13 heteroatoms. The third-order valence-corrected chi connectivity index (χ3v) is 13.6. The standard InChI is InChI=1S/C32H55N8.4H2N.Zn/c1-2-10-18-17(9-1)25-33-26(18)38-28-21-13-5-6-14-22(21)30(35-28)40-32-24-16-8-7-15-23(24)31(36-32)39-29-20-12-4-3-11-19(20)27(34-29)37-25;;;;;/h9,17-40H,1-8,10-16H2;4*1H2;/q5*-1;. The zero-order valence-electron chi connectivity index (χ0n) is 27.4. The molecule has 5 saturated heterocycles. The fourth-order valence-electron chi connectivity index (χ4n) is 11.7. The van der Waals surface area contributed by atoms with E-state index < -0.39 is 0 Å². The van der Waals surface area contributed by atoms with Crippen LogP contribution in [-0.2, 0) is 19.5 Å². The van der Waals surface area contributed by atoms with Crippen LogP contribution in [0.4, 0.5) is 0 Å². The summed E-state index contributed by atoms with van der Waals surface area (Å²) < 4.78 is 0. The van der Waals surface area contributed by atoms with Gasteiger partial charge in [0, 0.05) is 25.6 Å². The fraction of sp³-hybridized carbons (Fsp3) is 0.969. The van der Waals surface area contributed by atoms with E-state index in [2.05, 4.69) is 49.0 Å². The first kappa shape index (κ1) is 38.0. The molecule has 9 rings (SSSR count). The average molecular weight is 681 g/mol. The van der Waals surface area contributed by atoms with Crippen molar-refractivity contribution in [2.45, 2.75) is 146 Å². The van der Waals surface area contributed by atoms with E-state index in [1.54, 1.807) is 0 Å². The molecule has 0 aromatic rings. The largest absolute Gasteiger partial charge is 0.693 e. The van der Waals surface area contributed by atoms with Gasteiger partial charge in [-0.1, -0.05) is 51.4 Å². The van der Waals surface area contributed by atoms with Crippen LogP contribution in [-0.4, -0.2) is 49.3 Å². The van der Waals surface area contributed by atoms with Gasteiger partial charge in [-0.25, -0.2) is 0 Å². The van der Waals surface area contributed by atoms with Gasteiger partial charge in [-0.05, 0) is 80.0 Å². The SMILES string of the molecule is [CH-]1CCCC2C3NC(NC4NC(NC5NC(NC6NC(N3)C3CCCCC63)C3CCCCC53)C3CCCCC43)C12.[NH2-].[NH2-].[NH2-].[NH2-].[Zn]. The fourth-order valence-corrected chi connectivity index (χ4v) is 11.7. The van der Waals surface area contributed by atoms with Crippen molar-refractivity contribution in [2.75, 3.05) is 0 Å². The first-order valence-electron chi connectivity index (χ1n) is 17.7. The molecule has 4 saturated carbocycles. The van der Waals surface area contributed by atoms with Crippen LogP contribution in [0.25, 0.3) is 24.6 Å². The molecule has 8 bridgehead atoms. The third-order valence-electron chi connectivity index (χ3n) is 13.6. The van der Waals surface area contributed by atoms with Crippen molar-refractivity contribution in [1.82, 2.24) is 42.5 Å². The van der Waals surface area contributed by atoms with Gasteiger partial charge in [-0.15, -0.1) is 5.92 Å². The van der Waals surface area contributed by atoms with Crippen molar-refractivity contribution >= 4 is 0 Å². The molecule has 5 heterocycles. The number of fused-ring (bicyclic) bond motifs is 20. The molecular formula is C32H63N12Zn-5. The van der Waals surface area contributed by atoms with Crippen LogP contribution in [0.2, 0.25) is 0 Å². The van der Waals surface area contributed by atoms with Crippen molar-refractivity contribution in [3.8, 4) is 0 Å². The molecule has 0 aromatic carbocycles. The minimum Gasteiger partial charge on any atom is -0.693 e. The van der Waals surface area contributed by atoms with Gasteiger partial charge < -0.3 is 31.0 Å². The topological polar surface area (TPSA) is 230 Å². The second-order valence-electron chi connectivity index (χ2n) is 15.4. The second kappa shape index (κ2) is 15.8. The monoisotopic (exact) mass is 679 g/mol. The molecule has 258 valence electrons. The van der Waals surface area contributed by atoms with Crippen LogP contribution in [0.5, 0.6) is 0 Å². The van der Waals surface area contributed by atoms with Gasteiger partial charge in [0.15, 0.2) is 0 Å². The van der Waals surface area contributed by atoms with Crippen LogP contribution in [0.3, 0.4) is 0 Å². The summed E-state index contributed by atoms with van der Waals surface area (Å²) in [6.07, 6.45) is 26.4. The van der Waals surface area contributed by atoms with E-state index >= 15 is 0 Å². The molecule has 45 heavy (non-hydrogen) atoms. The Morgan fingerprint density at radius 1 is 0.311 bits per heavy atom. The van der Waals surface area contributed by atoms with Crippen LogP contribution in [0.15, 0.2) is 0 Å². The Labute approximate surface area is 285 Å². The quantitative estimate of drug-likeness (QED) is 0.123. The maximum atomic E-state index is 4.25. The molecule has 0 amide bonds. The van der Waals surface area contributed by atoms with E-state index in [1.165, 1.54) is 96.3 Å². The van der Waals surface area contributed by atoms with Gasteiger partial charge in [-0.3, -0.25) is 42.5 Å². The first-order chi connectivity index (χ1) is 19.8. The first-order valence-corrected chi connectivity index (χ1v) is 17.7. The summed E-state index contributed by atoms with van der Waals surface area (Å²) in [7, 11) is 0. The number of hydrogen-bond donors (Lipinski definition) is 8. The summed E-state index contributed by atoms with van der Waals surface area (Å²) in [5, 5.41) is 33.7. The van der Waals surface area contributed by atoms with Crippen molar-refractivity contribution < 1.29 is 19.5 Å². The molecule has 0 aromatic heterocycles. The minimum atomic E-state index is 0. The van der Waals surface area contributed by atoms with E-state index in [0.717, 1.165) is 35.5 Å². The predicted octanol–water partition coefficient (Wildman–Crippen LogP) is 5.29. The second-order valence-corrected chi connectivity index (χ2v) is 15.4. The molecule has 9 fully saturated rings. The number of nitrogens with one attached hydrogen (secondary N) is 8. The molecule has 16 atom stereocenters. The molecule has 9 aliphatic rings. The maximum absolute atomic E-state index is 4.25.